The van der Waals surface area contributed by atoms with Crippen molar-refractivity contribution in [3.05, 3.63) is 47.3 Å². The zero-order chi connectivity index (χ0) is 25.3. The summed E-state index contributed by atoms with van der Waals surface area (Å²) in [7, 11) is -3.25. The molecule has 1 N–H and O–H groups in total. The van der Waals surface area contributed by atoms with Gasteiger partial charge in [0.05, 0.1) is 22.0 Å². The minimum atomic E-state index is -3.25. The molecule has 2 aliphatic rings. The van der Waals surface area contributed by atoms with Gasteiger partial charge >= 0.3 is 6.09 Å². The van der Waals surface area contributed by atoms with Crippen molar-refractivity contribution in [1.82, 2.24) is 20.2 Å². The first-order valence-corrected chi connectivity index (χ1v) is 13.6. The number of carbonyl (C=O) groups excluding carboxylic acids is 1. The molecule has 9 heteroatoms. The molecule has 0 bridgehead atoms. The van der Waals surface area contributed by atoms with Crippen molar-refractivity contribution < 1.29 is 17.9 Å². The monoisotopic (exact) mass is 490 g/mol. The maximum absolute atomic E-state index is 12.5. The average Bonchev–Trinajstić information content (AvgIpc) is 2.73. The van der Waals surface area contributed by atoms with E-state index in [0.29, 0.717) is 37.0 Å². The highest BCUT2D eigenvalue weighted by Crippen LogP contribution is 2.28. The van der Waals surface area contributed by atoms with Crippen LogP contribution in [0.15, 0.2) is 46.6 Å². The van der Waals surface area contributed by atoms with E-state index in [1.54, 1.807) is 17.0 Å². The number of hydrazine groups is 1. The second kappa shape index (κ2) is 9.90. The van der Waals surface area contributed by atoms with Gasteiger partial charge in [-0.15, -0.1) is 0 Å². The topological polar surface area (TPSA) is 82.2 Å². The van der Waals surface area contributed by atoms with Crippen molar-refractivity contribution in [1.29, 1.82) is 0 Å². The van der Waals surface area contributed by atoms with E-state index < -0.39 is 15.4 Å². The summed E-state index contributed by atoms with van der Waals surface area (Å²) in [4.78, 5) is 16.8. The lowest BCUT2D eigenvalue weighted by Gasteiger charge is -2.41. The molecule has 0 aliphatic carbocycles. The predicted octanol–water partition coefficient (Wildman–Crippen LogP) is 3.69. The Morgan fingerprint density at radius 3 is 2.18 bits per heavy atom. The van der Waals surface area contributed by atoms with Crippen LogP contribution >= 0.6 is 0 Å². The van der Waals surface area contributed by atoms with Crippen LogP contribution in [0, 0.1) is 5.92 Å². The number of allylic oxidation sites excluding steroid dienone is 2. The molecule has 0 saturated carbocycles. The van der Waals surface area contributed by atoms with E-state index in [9.17, 15) is 13.2 Å². The molecule has 0 atom stereocenters. The molecule has 3 rings (SSSR count). The minimum Gasteiger partial charge on any atom is -0.444 e. The zero-order valence-electron chi connectivity index (χ0n) is 21.4. The van der Waals surface area contributed by atoms with E-state index in [2.05, 4.69) is 42.2 Å². The number of benzene rings is 1. The number of amides is 1. The number of hydrogen-bond donors (Lipinski definition) is 1. The summed E-state index contributed by atoms with van der Waals surface area (Å²) in [5, 5.41) is 2.15. The predicted molar refractivity (Wildman–Crippen MR) is 134 cm³/mol. The molecule has 1 fully saturated rings. The number of sulfone groups is 1. The minimum absolute atomic E-state index is 0.271. The van der Waals surface area contributed by atoms with Crippen molar-refractivity contribution in [2.75, 3.05) is 39.0 Å². The van der Waals surface area contributed by atoms with Gasteiger partial charge in [-0.05, 0) is 57.4 Å². The fourth-order valence-electron chi connectivity index (χ4n) is 3.99. The molecule has 34 heavy (non-hydrogen) atoms. The van der Waals surface area contributed by atoms with Crippen molar-refractivity contribution >= 4 is 21.6 Å². The maximum Gasteiger partial charge on any atom is 0.410 e. The third-order valence-electron chi connectivity index (χ3n) is 5.73. The number of hydrogen-bond acceptors (Lipinski definition) is 7. The van der Waals surface area contributed by atoms with Gasteiger partial charge in [0.2, 0.25) is 0 Å². The quantitative estimate of drug-likeness (QED) is 0.674. The van der Waals surface area contributed by atoms with E-state index in [4.69, 9.17) is 4.74 Å². The molecule has 1 aromatic carbocycles. The second-order valence-electron chi connectivity index (χ2n) is 10.4. The summed E-state index contributed by atoms with van der Waals surface area (Å²) in [6.45, 7) is 15.5. The summed E-state index contributed by atoms with van der Waals surface area (Å²) in [6.07, 6.45) is 3.06. The van der Waals surface area contributed by atoms with Gasteiger partial charge < -0.3 is 14.5 Å². The highest BCUT2D eigenvalue weighted by molar-refractivity contribution is 7.90. The molecular weight excluding hydrogens is 452 g/mol. The lowest BCUT2D eigenvalue weighted by Crippen LogP contribution is -2.51. The Hall–Kier alpha value is -2.68. The summed E-state index contributed by atoms with van der Waals surface area (Å²) in [6, 6.07) is 6.96. The molecular formula is C25H38N4O4S. The van der Waals surface area contributed by atoms with Crippen LogP contribution in [-0.2, 0) is 14.6 Å². The first-order valence-electron chi connectivity index (χ1n) is 11.7. The van der Waals surface area contributed by atoms with Crippen molar-refractivity contribution in [3.63, 3.8) is 0 Å². The Labute approximate surface area is 204 Å². The SMILES string of the molecule is CC1=C(N2CCN(C(=O)OC(C)(C)C)CC2)C=C(c2ccc(S(C)(=O)=O)cc2)NN1CC(C)C. The van der Waals surface area contributed by atoms with Gasteiger partial charge in [-0.25, -0.2) is 13.2 Å². The fourth-order valence-corrected chi connectivity index (χ4v) is 4.63. The molecule has 0 unspecified atom stereocenters. The standard InChI is InChI=1S/C25H38N4O4S/c1-18(2)17-29-19(3)23(27-12-14-28(15-13-27)24(30)33-25(4,5)6)16-22(26-29)20-8-10-21(11-9-20)34(7,31)32/h8-11,16,18,26H,12-15,17H2,1-7H3. The summed E-state index contributed by atoms with van der Waals surface area (Å²) < 4.78 is 29.2. The first-order chi connectivity index (χ1) is 15.7. The van der Waals surface area contributed by atoms with E-state index >= 15 is 0 Å². The van der Waals surface area contributed by atoms with E-state index in [1.165, 1.54) is 6.26 Å². The molecule has 2 aliphatic heterocycles. The van der Waals surface area contributed by atoms with Gasteiger partial charge in [-0.3, -0.25) is 10.4 Å². The molecule has 8 nitrogen and oxygen atoms in total. The normalized spacial score (nSPS) is 17.6. The van der Waals surface area contributed by atoms with E-state index in [-0.39, 0.29) is 6.09 Å². The average molecular weight is 491 g/mol. The largest absolute Gasteiger partial charge is 0.444 e. The third kappa shape index (κ3) is 6.46. The molecule has 0 spiro atoms. The van der Waals surface area contributed by atoms with Gasteiger partial charge in [0.25, 0.3) is 0 Å². The molecule has 2 heterocycles. The number of piperazine rings is 1. The van der Waals surface area contributed by atoms with Crippen LogP contribution in [0.2, 0.25) is 0 Å². The summed E-state index contributed by atoms with van der Waals surface area (Å²) >= 11 is 0. The molecule has 188 valence electrons. The number of nitrogens with one attached hydrogen (secondary N) is 1. The van der Waals surface area contributed by atoms with Gasteiger partial charge in [0.15, 0.2) is 9.84 Å². The Balaban J connectivity index is 1.84. The summed E-state index contributed by atoms with van der Waals surface area (Å²) in [5.74, 6) is 0.444. The van der Waals surface area contributed by atoms with Crippen molar-refractivity contribution in [2.45, 2.75) is 52.0 Å². The lowest BCUT2D eigenvalue weighted by atomic mass is 10.1. The fraction of sp³-hybridized carbons (Fsp3) is 0.560. The molecule has 0 aromatic heterocycles. The van der Waals surface area contributed by atoms with E-state index in [1.807, 2.05) is 32.9 Å². The van der Waals surface area contributed by atoms with Crippen molar-refractivity contribution in [3.8, 4) is 0 Å². The number of rotatable bonds is 5. The smallest absolute Gasteiger partial charge is 0.410 e. The maximum atomic E-state index is 12.5. The van der Waals surface area contributed by atoms with Crippen LogP contribution in [0.25, 0.3) is 5.70 Å². The second-order valence-corrected chi connectivity index (χ2v) is 12.4. The Morgan fingerprint density at radius 1 is 1.09 bits per heavy atom. The molecule has 1 saturated heterocycles. The van der Waals surface area contributed by atoms with Crippen LogP contribution < -0.4 is 5.43 Å². The highest BCUT2D eigenvalue weighted by atomic mass is 32.2. The van der Waals surface area contributed by atoms with Gasteiger partial charge in [0.1, 0.15) is 5.60 Å². The van der Waals surface area contributed by atoms with E-state index in [0.717, 1.165) is 29.2 Å². The first kappa shape index (κ1) is 25.9. The lowest BCUT2D eigenvalue weighted by molar-refractivity contribution is 0.0168. The molecule has 0 radical (unpaired) electrons. The van der Waals surface area contributed by atoms with Gasteiger partial charge in [0, 0.05) is 39.0 Å². The zero-order valence-corrected chi connectivity index (χ0v) is 22.2. The molecule has 1 amide bonds. The highest BCUT2D eigenvalue weighted by Gasteiger charge is 2.29. The van der Waals surface area contributed by atoms with Gasteiger partial charge in [-0.1, -0.05) is 26.0 Å². The van der Waals surface area contributed by atoms with Crippen LogP contribution in [-0.4, -0.2) is 73.9 Å². The number of carbonyl (C=O) groups is 1. The van der Waals surface area contributed by atoms with Crippen LogP contribution in [0.4, 0.5) is 4.79 Å². The number of ether oxygens (including phenoxy) is 1. The van der Waals surface area contributed by atoms with Crippen LogP contribution in [0.3, 0.4) is 0 Å². The Bertz CT molecular complexity index is 1060. The van der Waals surface area contributed by atoms with Crippen molar-refractivity contribution in [2.24, 2.45) is 5.92 Å². The number of nitrogens with zero attached hydrogens (tertiary/aromatic N) is 3. The van der Waals surface area contributed by atoms with Crippen LogP contribution in [0.1, 0.15) is 47.1 Å². The summed E-state index contributed by atoms with van der Waals surface area (Å²) in [5.41, 5.74) is 7.05. The molecule has 1 aromatic rings. The Kier molecular flexibility index (Phi) is 7.55. The Morgan fingerprint density at radius 2 is 1.68 bits per heavy atom. The third-order valence-corrected chi connectivity index (χ3v) is 6.85. The van der Waals surface area contributed by atoms with Gasteiger partial charge in [-0.2, -0.15) is 0 Å². The van der Waals surface area contributed by atoms with Crippen LogP contribution in [0.5, 0.6) is 0 Å².